The molecule has 1 aliphatic rings. The van der Waals surface area contributed by atoms with E-state index in [4.69, 9.17) is 0 Å². The highest BCUT2D eigenvalue weighted by Gasteiger charge is 2.22. The highest BCUT2D eigenvalue weighted by atomic mass is 32.1. The molecule has 1 amide bonds. The molecule has 2 aromatic rings. The lowest BCUT2D eigenvalue weighted by molar-refractivity contribution is -0.117. The average Bonchev–Trinajstić information content (AvgIpc) is 3.19. The van der Waals surface area contributed by atoms with Gasteiger partial charge in [0.15, 0.2) is 5.13 Å². The summed E-state index contributed by atoms with van der Waals surface area (Å²) in [4.78, 5) is 16.6. The fraction of sp³-hybridized carbons (Fsp3) is 0.412. The lowest BCUT2D eigenvalue weighted by Crippen LogP contribution is -2.35. The van der Waals surface area contributed by atoms with Crippen molar-refractivity contribution < 1.29 is 4.79 Å². The Morgan fingerprint density at radius 1 is 1.41 bits per heavy atom. The van der Waals surface area contributed by atoms with Crippen molar-refractivity contribution in [3.8, 4) is 11.3 Å². The summed E-state index contributed by atoms with van der Waals surface area (Å²) < 4.78 is 0. The minimum atomic E-state index is -0.0688. The van der Waals surface area contributed by atoms with E-state index in [9.17, 15) is 4.79 Å². The van der Waals surface area contributed by atoms with E-state index in [-0.39, 0.29) is 11.9 Å². The molecule has 0 spiro atoms. The van der Waals surface area contributed by atoms with Crippen LogP contribution in [0.3, 0.4) is 0 Å². The minimum Gasteiger partial charge on any atom is -0.306 e. The lowest BCUT2D eigenvalue weighted by Gasteiger charge is -2.08. The van der Waals surface area contributed by atoms with Crippen molar-refractivity contribution in [2.24, 2.45) is 0 Å². The van der Waals surface area contributed by atoms with E-state index < -0.39 is 0 Å². The molecule has 1 unspecified atom stereocenters. The number of nitrogens with zero attached hydrogens (tertiary/aromatic N) is 1. The van der Waals surface area contributed by atoms with Crippen LogP contribution in [0.1, 0.15) is 31.7 Å². The molecule has 4 nitrogen and oxygen atoms in total. The number of carbonyl (C=O) groups excluding carboxylic acids is 1. The summed E-state index contributed by atoms with van der Waals surface area (Å²) in [5.74, 6) is 0.0247. The van der Waals surface area contributed by atoms with Gasteiger partial charge in [-0.1, -0.05) is 37.6 Å². The van der Waals surface area contributed by atoms with E-state index in [1.807, 2.05) is 5.38 Å². The number of carbonyl (C=O) groups is 1. The summed E-state index contributed by atoms with van der Waals surface area (Å²) in [6.45, 7) is 3.10. The molecule has 2 heterocycles. The van der Waals surface area contributed by atoms with Crippen LogP contribution in [-0.4, -0.2) is 23.5 Å². The molecule has 1 aromatic heterocycles. The highest BCUT2D eigenvalue weighted by Crippen LogP contribution is 2.25. The van der Waals surface area contributed by atoms with Crippen LogP contribution in [0.2, 0.25) is 0 Å². The number of hydrogen-bond acceptors (Lipinski definition) is 4. The molecule has 1 fully saturated rings. The zero-order valence-electron chi connectivity index (χ0n) is 12.8. The number of anilines is 1. The topological polar surface area (TPSA) is 54.0 Å². The molecule has 2 N–H and O–H groups in total. The predicted octanol–water partition coefficient (Wildman–Crippen LogP) is 3.45. The van der Waals surface area contributed by atoms with E-state index in [0.717, 1.165) is 43.5 Å². The first-order valence-electron chi connectivity index (χ1n) is 7.85. The summed E-state index contributed by atoms with van der Waals surface area (Å²) in [6.07, 6.45) is 4.22. The summed E-state index contributed by atoms with van der Waals surface area (Å²) in [6, 6.07) is 8.44. The van der Waals surface area contributed by atoms with Crippen molar-refractivity contribution in [1.82, 2.24) is 10.3 Å². The Bertz CT molecular complexity index is 630. The molecule has 3 rings (SSSR count). The fourth-order valence-electron chi connectivity index (χ4n) is 2.70. The molecule has 0 bridgehead atoms. The summed E-state index contributed by atoms with van der Waals surface area (Å²) in [5.41, 5.74) is 3.36. The monoisotopic (exact) mass is 315 g/mol. The maximum absolute atomic E-state index is 12.1. The van der Waals surface area contributed by atoms with Crippen LogP contribution in [0.5, 0.6) is 0 Å². The SMILES string of the molecule is CCCc1ccc(-c2csc(NC(=O)C3CCCN3)n2)cc1. The molecule has 116 valence electrons. The van der Waals surface area contributed by atoms with Crippen LogP contribution in [0.15, 0.2) is 29.6 Å². The Balaban J connectivity index is 1.66. The van der Waals surface area contributed by atoms with Crippen LogP contribution in [0.25, 0.3) is 11.3 Å². The van der Waals surface area contributed by atoms with Gasteiger partial charge in [0.25, 0.3) is 0 Å². The second kappa shape index (κ2) is 7.03. The smallest absolute Gasteiger partial charge is 0.243 e. The largest absolute Gasteiger partial charge is 0.306 e. The molecular weight excluding hydrogens is 294 g/mol. The third-order valence-electron chi connectivity index (χ3n) is 3.90. The molecule has 1 aromatic carbocycles. The zero-order chi connectivity index (χ0) is 15.4. The molecule has 1 saturated heterocycles. The van der Waals surface area contributed by atoms with Crippen LogP contribution in [-0.2, 0) is 11.2 Å². The van der Waals surface area contributed by atoms with Crippen molar-refractivity contribution in [3.05, 3.63) is 35.2 Å². The van der Waals surface area contributed by atoms with E-state index in [2.05, 4.69) is 46.8 Å². The second-order valence-corrected chi connectivity index (χ2v) is 6.48. The van der Waals surface area contributed by atoms with E-state index in [1.165, 1.54) is 16.9 Å². The van der Waals surface area contributed by atoms with Crippen LogP contribution >= 0.6 is 11.3 Å². The van der Waals surface area contributed by atoms with Crippen molar-refractivity contribution in [1.29, 1.82) is 0 Å². The summed E-state index contributed by atoms with van der Waals surface area (Å²) in [5, 5.41) is 8.77. The zero-order valence-corrected chi connectivity index (χ0v) is 13.6. The number of amides is 1. The normalized spacial score (nSPS) is 17.6. The number of aromatic nitrogens is 1. The molecule has 1 atom stereocenters. The third-order valence-corrected chi connectivity index (χ3v) is 4.66. The Morgan fingerprint density at radius 3 is 2.91 bits per heavy atom. The number of thiazole rings is 1. The fourth-order valence-corrected chi connectivity index (χ4v) is 3.42. The third kappa shape index (κ3) is 3.54. The van der Waals surface area contributed by atoms with Gasteiger partial charge in [0.1, 0.15) is 0 Å². The van der Waals surface area contributed by atoms with E-state index in [1.54, 1.807) is 0 Å². The number of hydrogen-bond donors (Lipinski definition) is 2. The Morgan fingerprint density at radius 2 is 2.23 bits per heavy atom. The predicted molar refractivity (Wildman–Crippen MR) is 91.2 cm³/mol. The Hall–Kier alpha value is -1.72. The van der Waals surface area contributed by atoms with Crippen molar-refractivity contribution >= 4 is 22.4 Å². The molecule has 0 saturated carbocycles. The molecule has 0 aliphatic carbocycles. The molecule has 1 aliphatic heterocycles. The standard InChI is InChI=1S/C17H21N3OS/c1-2-4-12-6-8-13(9-7-12)15-11-22-17(19-15)20-16(21)14-5-3-10-18-14/h6-9,11,14,18H,2-5,10H2,1H3,(H,19,20,21). The van der Waals surface area contributed by atoms with Gasteiger partial charge in [0.05, 0.1) is 11.7 Å². The van der Waals surface area contributed by atoms with Crippen molar-refractivity contribution in [3.63, 3.8) is 0 Å². The molecule has 22 heavy (non-hydrogen) atoms. The van der Waals surface area contributed by atoms with Crippen LogP contribution in [0, 0.1) is 0 Å². The number of rotatable bonds is 5. The lowest BCUT2D eigenvalue weighted by atomic mass is 10.1. The maximum Gasteiger partial charge on any atom is 0.243 e. The van der Waals surface area contributed by atoms with Gasteiger partial charge in [-0.15, -0.1) is 11.3 Å². The Labute approximate surface area is 135 Å². The van der Waals surface area contributed by atoms with Crippen LogP contribution < -0.4 is 10.6 Å². The molecule has 5 heteroatoms. The first-order valence-corrected chi connectivity index (χ1v) is 8.73. The average molecular weight is 315 g/mol. The molecule has 0 radical (unpaired) electrons. The van der Waals surface area contributed by atoms with Gasteiger partial charge in [-0.25, -0.2) is 4.98 Å². The van der Waals surface area contributed by atoms with E-state index >= 15 is 0 Å². The molecular formula is C17H21N3OS. The Kier molecular flexibility index (Phi) is 4.85. The second-order valence-electron chi connectivity index (χ2n) is 5.62. The highest BCUT2D eigenvalue weighted by molar-refractivity contribution is 7.14. The van der Waals surface area contributed by atoms with Crippen LogP contribution in [0.4, 0.5) is 5.13 Å². The minimum absolute atomic E-state index is 0.0247. The van der Waals surface area contributed by atoms with Gasteiger partial charge in [-0.2, -0.15) is 0 Å². The summed E-state index contributed by atoms with van der Waals surface area (Å²) in [7, 11) is 0. The maximum atomic E-state index is 12.1. The van der Waals surface area contributed by atoms with Gasteiger partial charge in [-0.3, -0.25) is 4.79 Å². The summed E-state index contributed by atoms with van der Waals surface area (Å²) >= 11 is 1.48. The first-order chi connectivity index (χ1) is 10.8. The number of nitrogens with one attached hydrogen (secondary N) is 2. The van der Waals surface area contributed by atoms with Gasteiger partial charge in [0, 0.05) is 10.9 Å². The number of benzene rings is 1. The van der Waals surface area contributed by atoms with Gasteiger partial charge in [-0.05, 0) is 31.4 Å². The van der Waals surface area contributed by atoms with Gasteiger partial charge in [0.2, 0.25) is 5.91 Å². The number of aryl methyl sites for hydroxylation is 1. The van der Waals surface area contributed by atoms with Crippen molar-refractivity contribution in [2.45, 2.75) is 38.6 Å². The first kappa shape index (κ1) is 15.2. The van der Waals surface area contributed by atoms with Gasteiger partial charge < -0.3 is 10.6 Å². The quantitative estimate of drug-likeness (QED) is 0.888. The van der Waals surface area contributed by atoms with Gasteiger partial charge >= 0.3 is 0 Å². The van der Waals surface area contributed by atoms with Crippen molar-refractivity contribution in [2.75, 3.05) is 11.9 Å². The van der Waals surface area contributed by atoms with E-state index in [0.29, 0.717) is 5.13 Å².